The summed E-state index contributed by atoms with van der Waals surface area (Å²) in [5.41, 5.74) is 0.380. The first-order valence-corrected chi connectivity index (χ1v) is 5.91. The third-order valence-corrected chi connectivity index (χ3v) is 2.81. The maximum Gasteiger partial charge on any atom is 0.233 e. The zero-order valence-electron chi connectivity index (χ0n) is 9.50. The molecule has 96 valence electrons. The number of amides is 2. The van der Waals surface area contributed by atoms with Gasteiger partial charge in [-0.2, -0.15) is 0 Å². The van der Waals surface area contributed by atoms with E-state index in [1.54, 1.807) is 18.2 Å². The number of hydrogen-bond acceptors (Lipinski definition) is 2. The van der Waals surface area contributed by atoms with Crippen molar-refractivity contribution in [3.8, 4) is 0 Å². The van der Waals surface area contributed by atoms with Gasteiger partial charge in [0.05, 0.1) is 15.7 Å². The molecule has 1 aromatic carbocycles. The molecule has 0 atom stereocenters. The Kier molecular flexibility index (Phi) is 5.68. The van der Waals surface area contributed by atoms with Crippen molar-refractivity contribution in [2.75, 3.05) is 11.9 Å². The van der Waals surface area contributed by atoms with E-state index in [4.69, 9.17) is 23.2 Å². The molecule has 2 amide bonds. The van der Waals surface area contributed by atoms with E-state index >= 15 is 0 Å². The second kappa shape index (κ2) is 7.03. The van der Waals surface area contributed by atoms with Crippen molar-refractivity contribution in [1.29, 1.82) is 0 Å². The first kappa shape index (κ1) is 14.5. The van der Waals surface area contributed by atoms with E-state index in [9.17, 15) is 9.59 Å². The second-order valence-electron chi connectivity index (χ2n) is 3.42. The fraction of sp³-hybridized carbons (Fsp3) is 0.167. The van der Waals surface area contributed by atoms with Crippen molar-refractivity contribution in [2.45, 2.75) is 6.42 Å². The molecule has 18 heavy (non-hydrogen) atoms. The van der Waals surface area contributed by atoms with Crippen LogP contribution in [0.15, 0.2) is 30.9 Å². The molecular weight excluding hydrogens is 275 g/mol. The van der Waals surface area contributed by atoms with Gasteiger partial charge in [-0.05, 0) is 12.1 Å². The van der Waals surface area contributed by atoms with E-state index in [1.807, 2.05) is 0 Å². The highest BCUT2D eigenvalue weighted by molar-refractivity contribution is 6.44. The molecule has 0 aromatic heterocycles. The van der Waals surface area contributed by atoms with E-state index in [-0.39, 0.29) is 17.4 Å². The third-order valence-electron chi connectivity index (χ3n) is 1.99. The highest BCUT2D eigenvalue weighted by Crippen LogP contribution is 2.29. The van der Waals surface area contributed by atoms with E-state index in [0.717, 1.165) is 0 Å². The molecule has 6 heteroatoms. The Morgan fingerprint density at radius 1 is 1.28 bits per heavy atom. The van der Waals surface area contributed by atoms with Gasteiger partial charge in [0.2, 0.25) is 11.8 Å². The van der Waals surface area contributed by atoms with Crippen molar-refractivity contribution in [3.05, 3.63) is 40.9 Å². The van der Waals surface area contributed by atoms with Gasteiger partial charge in [0.25, 0.3) is 0 Å². The molecule has 0 unspecified atom stereocenters. The molecule has 1 rings (SSSR count). The fourth-order valence-corrected chi connectivity index (χ4v) is 1.54. The van der Waals surface area contributed by atoms with Gasteiger partial charge in [-0.1, -0.05) is 35.3 Å². The zero-order valence-corrected chi connectivity index (χ0v) is 11.0. The average Bonchev–Trinajstić information content (AvgIpc) is 2.32. The Morgan fingerprint density at radius 2 is 2.00 bits per heavy atom. The van der Waals surface area contributed by atoms with Gasteiger partial charge >= 0.3 is 0 Å². The SMILES string of the molecule is C=CCNC(=O)CC(=O)Nc1cccc(Cl)c1Cl. The predicted molar refractivity (Wildman–Crippen MR) is 72.9 cm³/mol. The molecule has 0 saturated heterocycles. The van der Waals surface area contributed by atoms with Gasteiger partial charge < -0.3 is 10.6 Å². The van der Waals surface area contributed by atoms with Crippen LogP contribution in [-0.2, 0) is 9.59 Å². The number of carbonyl (C=O) groups is 2. The lowest BCUT2D eigenvalue weighted by Gasteiger charge is -2.08. The van der Waals surface area contributed by atoms with E-state index < -0.39 is 5.91 Å². The molecular formula is C12H12Cl2N2O2. The molecule has 4 nitrogen and oxygen atoms in total. The lowest BCUT2D eigenvalue weighted by Crippen LogP contribution is -2.28. The van der Waals surface area contributed by atoms with Crippen molar-refractivity contribution in [3.63, 3.8) is 0 Å². The second-order valence-corrected chi connectivity index (χ2v) is 4.20. The lowest BCUT2D eigenvalue weighted by molar-refractivity contribution is -0.126. The van der Waals surface area contributed by atoms with Crippen LogP contribution in [0.2, 0.25) is 10.0 Å². The summed E-state index contributed by atoms with van der Waals surface area (Å²) in [7, 11) is 0. The van der Waals surface area contributed by atoms with Gasteiger partial charge in [-0.3, -0.25) is 9.59 Å². The summed E-state index contributed by atoms with van der Waals surface area (Å²) in [5.74, 6) is -0.841. The maximum absolute atomic E-state index is 11.6. The molecule has 0 bridgehead atoms. The number of rotatable bonds is 5. The fourth-order valence-electron chi connectivity index (χ4n) is 1.19. The Bertz CT molecular complexity index is 475. The van der Waals surface area contributed by atoms with Crippen molar-refractivity contribution >= 4 is 40.7 Å². The van der Waals surface area contributed by atoms with E-state index in [2.05, 4.69) is 17.2 Å². The number of benzene rings is 1. The summed E-state index contributed by atoms with van der Waals surface area (Å²) < 4.78 is 0. The van der Waals surface area contributed by atoms with Gasteiger partial charge in [0.1, 0.15) is 6.42 Å². The summed E-state index contributed by atoms with van der Waals surface area (Å²) in [6.45, 7) is 3.78. The number of nitrogens with one attached hydrogen (secondary N) is 2. The van der Waals surface area contributed by atoms with Crippen LogP contribution in [0.5, 0.6) is 0 Å². The normalized spacial score (nSPS) is 9.67. The smallest absolute Gasteiger partial charge is 0.233 e. The highest BCUT2D eigenvalue weighted by atomic mass is 35.5. The molecule has 0 aliphatic rings. The molecule has 0 fully saturated rings. The van der Waals surface area contributed by atoms with Crippen LogP contribution in [0.25, 0.3) is 0 Å². The van der Waals surface area contributed by atoms with Crippen LogP contribution in [0.1, 0.15) is 6.42 Å². The molecule has 1 aromatic rings. The Labute approximate surface area is 115 Å². The standard InChI is InChI=1S/C12H12Cl2N2O2/c1-2-6-15-10(17)7-11(18)16-9-5-3-4-8(13)12(9)14/h2-5H,1,6-7H2,(H,15,17)(H,16,18). The van der Waals surface area contributed by atoms with Crippen molar-refractivity contribution in [1.82, 2.24) is 5.32 Å². The Hall–Kier alpha value is -1.52. The van der Waals surface area contributed by atoms with Crippen LogP contribution < -0.4 is 10.6 Å². The van der Waals surface area contributed by atoms with Crippen molar-refractivity contribution < 1.29 is 9.59 Å². The van der Waals surface area contributed by atoms with Gasteiger partial charge in [0, 0.05) is 6.54 Å². The van der Waals surface area contributed by atoms with Crippen LogP contribution in [0.4, 0.5) is 5.69 Å². The maximum atomic E-state index is 11.6. The quantitative estimate of drug-likeness (QED) is 0.646. The summed E-state index contributed by atoms with van der Waals surface area (Å²) >= 11 is 11.7. The first-order chi connectivity index (χ1) is 8.54. The topological polar surface area (TPSA) is 58.2 Å². The van der Waals surface area contributed by atoms with Gasteiger partial charge in [-0.25, -0.2) is 0 Å². The summed E-state index contributed by atoms with van der Waals surface area (Å²) in [6, 6.07) is 4.87. The average molecular weight is 287 g/mol. The van der Waals surface area contributed by atoms with Gasteiger partial charge in [0.15, 0.2) is 0 Å². The summed E-state index contributed by atoms with van der Waals surface area (Å²) in [5, 5.41) is 5.60. The summed E-state index contributed by atoms with van der Waals surface area (Å²) in [6.07, 6.45) is 1.25. The number of hydrogen-bond donors (Lipinski definition) is 2. The Balaban J connectivity index is 2.57. The largest absolute Gasteiger partial charge is 0.352 e. The highest BCUT2D eigenvalue weighted by Gasteiger charge is 2.11. The zero-order chi connectivity index (χ0) is 13.5. The molecule has 2 N–H and O–H groups in total. The molecule has 0 saturated carbocycles. The predicted octanol–water partition coefficient (Wildman–Crippen LogP) is 2.62. The minimum absolute atomic E-state index is 0.249. The summed E-state index contributed by atoms with van der Waals surface area (Å²) in [4.78, 5) is 22.8. The first-order valence-electron chi connectivity index (χ1n) is 5.16. The van der Waals surface area contributed by atoms with Crippen LogP contribution in [-0.4, -0.2) is 18.4 Å². The monoisotopic (exact) mass is 286 g/mol. The number of anilines is 1. The van der Waals surface area contributed by atoms with Crippen molar-refractivity contribution in [2.24, 2.45) is 0 Å². The third kappa shape index (κ3) is 4.39. The Morgan fingerprint density at radius 3 is 2.67 bits per heavy atom. The minimum Gasteiger partial charge on any atom is -0.352 e. The van der Waals surface area contributed by atoms with Crippen LogP contribution in [0.3, 0.4) is 0 Å². The number of carbonyl (C=O) groups excluding carboxylic acids is 2. The van der Waals surface area contributed by atoms with E-state index in [0.29, 0.717) is 17.3 Å². The van der Waals surface area contributed by atoms with Crippen LogP contribution in [0, 0.1) is 0 Å². The van der Waals surface area contributed by atoms with Gasteiger partial charge in [-0.15, -0.1) is 6.58 Å². The molecule has 0 spiro atoms. The molecule has 0 heterocycles. The van der Waals surface area contributed by atoms with E-state index in [1.165, 1.54) is 6.08 Å². The molecule has 0 aliphatic heterocycles. The molecule has 0 aliphatic carbocycles. The lowest BCUT2D eigenvalue weighted by atomic mass is 10.3. The number of halogens is 2. The molecule has 0 radical (unpaired) electrons. The minimum atomic E-state index is -0.458. The van der Waals surface area contributed by atoms with Crippen LogP contribution >= 0.6 is 23.2 Å².